The average Bonchev–Trinajstić information content (AvgIpc) is 2.80. The molecule has 1 aliphatic rings. The van der Waals surface area contributed by atoms with Crippen LogP contribution in [0.1, 0.15) is 33.6 Å². The van der Waals surface area contributed by atoms with Gasteiger partial charge in [-0.2, -0.15) is 0 Å². The van der Waals surface area contributed by atoms with Gasteiger partial charge in [-0.25, -0.2) is 0 Å². The fraction of sp³-hybridized carbons (Fsp3) is 1.00. The molecular weight excluding hydrogens is 150 g/mol. The summed E-state index contributed by atoms with van der Waals surface area (Å²) in [6.07, 6.45) is 3.08. The summed E-state index contributed by atoms with van der Waals surface area (Å²) in [5.41, 5.74) is 0.577. The molecule has 0 bridgehead atoms. The fourth-order valence-electron chi connectivity index (χ4n) is 1.30. The van der Waals surface area contributed by atoms with E-state index in [9.17, 15) is 0 Å². The molecule has 72 valence electrons. The van der Waals surface area contributed by atoms with Crippen LogP contribution in [-0.2, 0) is 4.74 Å². The van der Waals surface area contributed by atoms with E-state index < -0.39 is 0 Å². The van der Waals surface area contributed by atoms with Crippen molar-refractivity contribution in [2.45, 2.75) is 45.8 Å². The molecule has 0 aromatic carbocycles. The first-order valence-corrected chi connectivity index (χ1v) is 4.84. The quantitative estimate of drug-likeness (QED) is 0.681. The maximum atomic E-state index is 5.17. The highest BCUT2D eigenvalue weighted by Gasteiger charge is 2.42. The first-order chi connectivity index (χ1) is 5.58. The van der Waals surface area contributed by atoms with Gasteiger partial charge in [-0.15, -0.1) is 0 Å². The van der Waals surface area contributed by atoms with Crippen LogP contribution in [0.3, 0.4) is 0 Å². The van der Waals surface area contributed by atoms with Gasteiger partial charge in [0.15, 0.2) is 0 Å². The van der Waals surface area contributed by atoms with E-state index in [4.69, 9.17) is 4.74 Å². The minimum absolute atomic E-state index is 0.329. The molecule has 1 aliphatic carbocycles. The third-order valence-corrected chi connectivity index (χ3v) is 3.20. The molecular formula is C10H21NO. The van der Waals surface area contributed by atoms with Crippen LogP contribution in [0, 0.1) is 5.41 Å². The van der Waals surface area contributed by atoms with Crippen molar-refractivity contribution < 1.29 is 4.74 Å². The van der Waals surface area contributed by atoms with Crippen LogP contribution in [0.4, 0.5) is 0 Å². The Labute approximate surface area is 75.7 Å². The van der Waals surface area contributed by atoms with Crippen molar-refractivity contribution in [1.29, 1.82) is 0 Å². The Bertz CT molecular complexity index is 143. The molecule has 2 atom stereocenters. The van der Waals surface area contributed by atoms with Crippen molar-refractivity contribution in [1.82, 2.24) is 5.32 Å². The fourth-order valence-corrected chi connectivity index (χ4v) is 1.30. The van der Waals surface area contributed by atoms with Crippen LogP contribution in [0.15, 0.2) is 0 Å². The molecule has 0 spiro atoms. The van der Waals surface area contributed by atoms with Gasteiger partial charge in [-0.3, -0.25) is 0 Å². The van der Waals surface area contributed by atoms with Crippen LogP contribution in [0.5, 0.6) is 0 Å². The van der Waals surface area contributed by atoms with Crippen molar-refractivity contribution >= 4 is 0 Å². The van der Waals surface area contributed by atoms with E-state index in [0.717, 1.165) is 6.54 Å². The second-order valence-corrected chi connectivity index (χ2v) is 4.33. The monoisotopic (exact) mass is 171 g/mol. The molecule has 2 nitrogen and oxygen atoms in total. The summed E-state index contributed by atoms with van der Waals surface area (Å²) in [4.78, 5) is 0. The van der Waals surface area contributed by atoms with Gasteiger partial charge < -0.3 is 10.1 Å². The lowest BCUT2D eigenvalue weighted by molar-refractivity contribution is 0.112. The first kappa shape index (κ1) is 10.0. The summed E-state index contributed by atoms with van der Waals surface area (Å²) in [5, 5.41) is 3.51. The first-order valence-electron chi connectivity index (χ1n) is 4.84. The van der Waals surface area contributed by atoms with Crippen molar-refractivity contribution in [2.24, 2.45) is 5.41 Å². The Morgan fingerprint density at radius 1 is 1.42 bits per heavy atom. The number of hydrogen-bond donors (Lipinski definition) is 1. The van der Waals surface area contributed by atoms with Crippen molar-refractivity contribution in [3.63, 3.8) is 0 Å². The zero-order chi connectivity index (χ0) is 9.19. The molecule has 0 amide bonds. The van der Waals surface area contributed by atoms with E-state index in [2.05, 4.69) is 26.1 Å². The Hall–Kier alpha value is -0.0800. The smallest absolute Gasteiger partial charge is 0.0667 e. The predicted octanol–water partition coefficient (Wildman–Crippen LogP) is 1.80. The summed E-state index contributed by atoms with van der Waals surface area (Å²) in [7, 11) is 1.76. The van der Waals surface area contributed by atoms with Gasteiger partial charge in [0.25, 0.3) is 0 Å². The third kappa shape index (κ3) is 2.46. The number of nitrogens with one attached hydrogen (secondary N) is 1. The lowest BCUT2D eigenvalue weighted by atomic mass is 10.0. The number of ether oxygens (including phenoxy) is 1. The second kappa shape index (κ2) is 3.75. The van der Waals surface area contributed by atoms with Gasteiger partial charge in [0.05, 0.1) is 6.10 Å². The number of methoxy groups -OCH3 is 1. The summed E-state index contributed by atoms with van der Waals surface area (Å²) < 4.78 is 5.17. The lowest BCUT2D eigenvalue weighted by Gasteiger charge is -2.22. The Balaban J connectivity index is 2.14. The van der Waals surface area contributed by atoms with Crippen LogP contribution in [0.25, 0.3) is 0 Å². The van der Waals surface area contributed by atoms with Gasteiger partial charge in [0.2, 0.25) is 0 Å². The van der Waals surface area contributed by atoms with Gasteiger partial charge >= 0.3 is 0 Å². The highest BCUT2D eigenvalue weighted by molar-refractivity contribution is 4.96. The Morgan fingerprint density at radius 3 is 2.42 bits per heavy atom. The SMILES string of the molecule is COC(C)CNC(C)C1(C)CC1. The average molecular weight is 171 g/mol. The van der Waals surface area contributed by atoms with E-state index in [1.54, 1.807) is 7.11 Å². The summed E-state index contributed by atoms with van der Waals surface area (Å²) in [6.45, 7) is 7.68. The Morgan fingerprint density at radius 2 is 2.00 bits per heavy atom. The molecule has 0 aromatic rings. The molecule has 1 saturated carbocycles. The summed E-state index contributed by atoms with van der Waals surface area (Å²) in [6, 6.07) is 0.634. The highest BCUT2D eigenvalue weighted by atomic mass is 16.5. The van der Waals surface area contributed by atoms with Crippen LogP contribution in [0.2, 0.25) is 0 Å². The molecule has 1 rings (SSSR count). The molecule has 1 fully saturated rings. The topological polar surface area (TPSA) is 21.3 Å². The maximum absolute atomic E-state index is 5.17. The van der Waals surface area contributed by atoms with Crippen molar-refractivity contribution in [2.75, 3.05) is 13.7 Å². The molecule has 2 unspecified atom stereocenters. The summed E-state index contributed by atoms with van der Waals surface area (Å²) in [5.74, 6) is 0. The largest absolute Gasteiger partial charge is 0.380 e. The van der Waals surface area contributed by atoms with Gasteiger partial charge in [-0.05, 0) is 32.1 Å². The van der Waals surface area contributed by atoms with Gasteiger partial charge in [0, 0.05) is 19.7 Å². The molecule has 0 saturated heterocycles. The van der Waals surface area contributed by atoms with E-state index in [1.165, 1.54) is 12.8 Å². The van der Waals surface area contributed by atoms with Crippen LogP contribution < -0.4 is 5.32 Å². The van der Waals surface area contributed by atoms with E-state index in [0.29, 0.717) is 17.6 Å². The highest BCUT2D eigenvalue weighted by Crippen LogP contribution is 2.47. The minimum atomic E-state index is 0.329. The molecule has 2 heteroatoms. The van der Waals surface area contributed by atoms with E-state index in [-0.39, 0.29) is 0 Å². The molecule has 0 aromatic heterocycles. The molecule has 1 N–H and O–H groups in total. The second-order valence-electron chi connectivity index (χ2n) is 4.33. The number of hydrogen-bond acceptors (Lipinski definition) is 2. The van der Waals surface area contributed by atoms with Gasteiger partial charge in [0.1, 0.15) is 0 Å². The standard InChI is InChI=1S/C10H21NO/c1-8(12-4)7-11-9(2)10(3)5-6-10/h8-9,11H,5-7H2,1-4H3. The van der Waals surface area contributed by atoms with Crippen molar-refractivity contribution in [3.8, 4) is 0 Å². The van der Waals surface area contributed by atoms with E-state index in [1.807, 2.05) is 0 Å². The van der Waals surface area contributed by atoms with Gasteiger partial charge in [-0.1, -0.05) is 6.92 Å². The third-order valence-electron chi connectivity index (χ3n) is 3.20. The summed E-state index contributed by atoms with van der Waals surface area (Å²) >= 11 is 0. The van der Waals surface area contributed by atoms with E-state index >= 15 is 0 Å². The molecule has 0 heterocycles. The molecule has 0 radical (unpaired) electrons. The predicted molar refractivity (Wildman–Crippen MR) is 51.3 cm³/mol. The zero-order valence-corrected chi connectivity index (χ0v) is 8.68. The van der Waals surface area contributed by atoms with Crippen LogP contribution in [-0.4, -0.2) is 25.8 Å². The molecule has 12 heavy (non-hydrogen) atoms. The number of rotatable bonds is 5. The maximum Gasteiger partial charge on any atom is 0.0667 e. The van der Waals surface area contributed by atoms with Crippen molar-refractivity contribution in [3.05, 3.63) is 0 Å². The molecule has 0 aliphatic heterocycles. The zero-order valence-electron chi connectivity index (χ0n) is 8.68. The minimum Gasteiger partial charge on any atom is -0.380 e. The Kier molecular flexibility index (Phi) is 3.13. The normalized spacial score (nSPS) is 25.0. The lowest BCUT2D eigenvalue weighted by Crippen LogP contribution is -2.38. The van der Waals surface area contributed by atoms with Crippen LogP contribution >= 0.6 is 0 Å².